The molecule has 13 rings (SSSR count). The number of nitrogens with two attached hydrogens (primary N) is 5. The number of nitrogens with zero attached hydrogens (tertiary/aromatic N) is 16. The minimum absolute atomic E-state index is 0.0159. The summed E-state index contributed by atoms with van der Waals surface area (Å²) in [5, 5.41) is 46.7. The standard InChI is InChI=1S/C15H24BN3O3.C9H10BrN3O3.C9H12BrN3O.C9H12N4O3.C8H8BrN3O4.C8H9BrN2O2.C5H4BrN3O2.C5H5BrN2/c1-14(2)15(3,4)22-16(21-14)12-9-11(10-18-13(12)17)19-5-7-20-8-6-19;10-8-5-7(6-11-9(8)13(14)15)12-1-3-16-4-2-12;10-8-5-7(6-12-9(8)11)13-1-3-14-4-2-13;10-8-5-7(6-11-9(8)13(14)15)12-1-3-16-4-2-12;1-2-16-8(13)11-6-3-5(9)4-10-7(6)12(14)15;1-2-13-8(12)11-7-3-6(9)4-10-5-7;6-3-1-4(7)5(8-2-3)9(10)11;6-4-1-5(7)3-8-2-4/h9-10H,5-8H2,1-4H3,(H2,17,18);5-6H,1-4H2;5-6H,1-4H2,(H2,11,12);5-6H,1-4,10H2;3-4H,2H2,1H3,(H,11,13);3-5H,2H2,1H3,(H,11,12);1-2H,7H2;1-3H,7H2. The lowest BCUT2D eigenvalue weighted by atomic mass is 9.79. The van der Waals surface area contributed by atoms with E-state index in [0.29, 0.717) is 69.5 Å². The van der Waals surface area contributed by atoms with E-state index in [0.717, 1.165) is 120 Å². The minimum Gasteiger partial charge on any atom is -0.450 e. The Hall–Kier alpha value is -9.76. The number of anilines is 11. The third-order valence-corrected chi connectivity index (χ3v) is 19.3. The number of pyridine rings is 8. The predicted octanol–water partition coefficient (Wildman–Crippen LogP) is 11.6. The van der Waals surface area contributed by atoms with E-state index in [-0.39, 0.29) is 52.3 Å². The molecule has 8 aromatic rings. The molecule has 8 aromatic heterocycles. The normalized spacial score (nSPS) is 14.9. The quantitative estimate of drug-likeness (QED) is 0.0320. The molecule has 0 spiro atoms. The predicted molar refractivity (Wildman–Crippen MR) is 458 cm³/mol. The molecule has 0 saturated carbocycles. The van der Waals surface area contributed by atoms with E-state index in [1.54, 1.807) is 75.3 Å². The first-order valence-corrected chi connectivity index (χ1v) is 39.6. The van der Waals surface area contributed by atoms with Gasteiger partial charge in [0.05, 0.1) is 143 Å². The largest absolute Gasteiger partial charge is 0.498 e. The van der Waals surface area contributed by atoms with E-state index in [1.165, 1.54) is 36.9 Å². The minimum atomic E-state index is -0.759. The second kappa shape index (κ2) is 47.5. The van der Waals surface area contributed by atoms with Gasteiger partial charge in [0.2, 0.25) is 0 Å². The van der Waals surface area contributed by atoms with Crippen LogP contribution in [0.25, 0.3) is 0 Å². The number of carbonyl (C=O) groups is 2. The van der Waals surface area contributed by atoms with Crippen LogP contribution in [0.2, 0.25) is 0 Å². The van der Waals surface area contributed by atoms with Crippen LogP contribution in [0.5, 0.6) is 0 Å². The first-order valence-electron chi connectivity index (χ1n) is 34.8. The molecule has 116 heavy (non-hydrogen) atoms. The van der Waals surface area contributed by atoms with Gasteiger partial charge in [-0.2, -0.15) is 0 Å². The highest BCUT2D eigenvalue weighted by molar-refractivity contribution is 9.11. The van der Waals surface area contributed by atoms with Gasteiger partial charge >= 0.3 is 42.6 Å². The fourth-order valence-corrected chi connectivity index (χ4v) is 12.2. The van der Waals surface area contributed by atoms with Crippen molar-refractivity contribution in [1.29, 1.82) is 0 Å². The molecule has 0 atom stereocenters. The molecular formula is C68H84BBr6N23O18. The smallest absolute Gasteiger partial charge is 0.450 e. The van der Waals surface area contributed by atoms with E-state index >= 15 is 0 Å². The molecule has 0 bridgehead atoms. The van der Waals surface area contributed by atoms with Gasteiger partial charge < -0.3 is 126 Å². The highest BCUT2D eigenvalue weighted by Gasteiger charge is 2.52. The van der Waals surface area contributed by atoms with Crippen LogP contribution in [0.15, 0.2) is 137 Å². The average Bonchev–Trinajstić information content (AvgIpc) is 1.61. The van der Waals surface area contributed by atoms with E-state index in [4.69, 9.17) is 61.7 Å². The molecular weight excluding hydrogens is 1920 g/mol. The van der Waals surface area contributed by atoms with Crippen LogP contribution >= 0.6 is 95.6 Å². The van der Waals surface area contributed by atoms with Crippen LogP contribution in [-0.2, 0) is 37.7 Å². The van der Waals surface area contributed by atoms with Crippen LogP contribution in [0.4, 0.5) is 95.7 Å². The van der Waals surface area contributed by atoms with Crippen LogP contribution in [0, 0.1) is 40.5 Å². The van der Waals surface area contributed by atoms with Crippen LogP contribution in [0.3, 0.4) is 0 Å². The second-order valence-corrected chi connectivity index (χ2v) is 30.3. The maximum atomic E-state index is 11.1. The summed E-state index contributed by atoms with van der Waals surface area (Å²) in [5.74, 6) is -0.212. The lowest BCUT2D eigenvalue weighted by Crippen LogP contribution is -2.41. The molecule has 0 aromatic carbocycles. The van der Waals surface area contributed by atoms with Crippen molar-refractivity contribution in [2.45, 2.75) is 52.7 Å². The number of morpholine rings is 4. The molecule has 12 N–H and O–H groups in total. The summed E-state index contributed by atoms with van der Waals surface area (Å²) in [6.07, 6.45) is 14.4. The first-order chi connectivity index (χ1) is 55.1. The first kappa shape index (κ1) is 95.1. The Morgan fingerprint density at radius 2 is 0.802 bits per heavy atom. The molecule has 0 radical (unpaired) electrons. The summed E-state index contributed by atoms with van der Waals surface area (Å²) in [4.78, 5) is 101. The van der Waals surface area contributed by atoms with Crippen molar-refractivity contribution in [2.75, 3.05) is 177 Å². The molecule has 0 unspecified atom stereocenters. The molecule has 5 fully saturated rings. The summed E-state index contributed by atoms with van der Waals surface area (Å²) in [6.45, 7) is 24.3. The number of nitrogens with one attached hydrogen (secondary N) is 2. The number of amides is 2. The van der Waals surface area contributed by atoms with E-state index in [9.17, 15) is 50.0 Å². The molecule has 5 aliphatic heterocycles. The van der Waals surface area contributed by atoms with Gasteiger partial charge in [0.25, 0.3) is 0 Å². The van der Waals surface area contributed by atoms with Gasteiger partial charge in [-0.05, 0) is 225 Å². The topological polar surface area (TPSA) is 551 Å². The van der Waals surface area contributed by atoms with Crippen molar-refractivity contribution in [1.82, 2.24) is 39.9 Å². The number of hydrogen-bond acceptors (Lipinski definition) is 35. The summed E-state index contributed by atoms with van der Waals surface area (Å²) < 4.78 is 46.7. The summed E-state index contributed by atoms with van der Waals surface area (Å²) in [5.41, 5.74) is 33.1. The number of carbonyl (C=O) groups excluding carboxylic acids is 2. The average molecular weight is 2000 g/mol. The number of nitrogen functional groups attached to an aromatic ring is 5. The molecule has 41 nitrogen and oxygen atoms in total. The maximum Gasteiger partial charge on any atom is 0.498 e. The van der Waals surface area contributed by atoms with Gasteiger partial charge in [0.1, 0.15) is 33.2 Å². The number of nitro groups is 4. The SMILES string of the molecule is CC1(C)OB(c2cc(N3CCOCC3)cnc2N)OC1(C)C.CCOC(=O)Nc1cc(Br)cnc1[N+](=O)[O-].CCOC(=O)Nc1cncc(Br)c1.Nc1cc(Br)cnc1[N+](=O)[O-].Nc1cc(N2CCOCC2)cnc1[N+](=O)[O-].Nc1cncc(Br)c1.Nc1ncc(N2CCOCC2)cc1Br.O=[N+]([O-])c1ncc(N2CCOCC2)cc1Br. The van der Waals surface area contributed by atoms with Crippen molar-refractivity contribution in [2.24, 2.45) is 0 Å². The van der Waals surface area contributed by atoms with E-state index < -0.39 is 44.8 Å². The van der Waals surface area contributed by atoms with Crippen LogP contribution < -0.4 is 64.4 Å². The van der Waals surface area contributed by atoms with Crippen molar-refractivity contribution >= 4 is 206 Å². The van der Waals surface area contributed by atoms with Crippen molar-refractivity contribution < 1.29 is 67.0 Å². The Bertz CT molecular complexity index is 4490. The van der Waals surface area contributed by atoms with E-state index in [1.807, 2.05) is 44.7 Å². The van der Waals surface area contributed by atoms with Gasteiger partial charge in [-0.1, -0.05) is 0 Å². The summed E-state index contributed by atoms with van der Waals surface area (Å²) in [6, 6.07) is 13.7. The molecule has 624 valence electrons. The number of ether oxygens (including phenoxy) is 6. The molecule has 13 heterocycles. The fraction of sp³-hybridized carbons (Fsp3) is 0.382. The Balaban J connectivity index is 0.000000209. The zero-order valence-corrected chi connectivity index (χ0v) is 72.9. The monoisotopic (exact) mass is 2000 g/mol. The number of aromatic nitrogens is 8. The Morgan fingerprint density at radius 1 is 0.440 bits per heavy atom. The Morgan fingerprint density at radius 3 is 1.20 bits per heavy atom. The molecule has 5 saturated heterocycles. The molecule has 0 aliphatic carbocycles. The number of halogens is 6. The lowest BCUT2D eigenvalue weighted by Gasteiger charge is -2.32. The highest BCUT2D eigenvalue weighted by Crippen LogP contribution is 2.38. The van der Waals surface area contributed by atoms with Crippen molar-refractivity contribution in [3.05, 3.63) is 178 Å². The third-order valence-electron chi connectivity index (χ3n) is 16.3. The summed E-state index contributed by atoms with van der Waals surface area (Å²) >= 11 is 19.2. The lowest BCUT2D eigenvalue weighted by molar-refractivity contribution is -0.390. The number of rotatable bonds is 13. The zero-order chi connectivity index (χ0) is 85.2. The zero-order valence-electron chi connectivity index (χ0n) is 63.4. The Labute approximate surface area is 716 Å². The molecule has 2 amide bonds. The highest BCUT2D eigenvalue weighted by atomic mass is 79.9. The van der Waals surface area contributed by atoms with Gasteiger partial charge in [-0.3, -0.25) is 20.6 Å². The van der Waals surface area contributed by atoms with Gasteiger partial charge in [0, 0.05) is 85.4 Å². The van der Waals surface area contributed by atoms with Gasteiger partial charge in [-0.25, -0.2) is 19.6 Å². The van der Waals surface area contributed by atoms with Crippen molar-refractivity contribution in [3.63, 3.8) is 0 Å². The second-order valence-electron chi connectivity index (χ2n) is 25.0. The maximum absolute atomic E-state index is 11.1. The molecule has 5 aliphatic rings. The van der Waals surface area contributed by atoms with Crippen LogP contribution in [0.1, 0.15) is 41.5 Å². The van der Waals surface area contributed by atoms with Crippen LogP contribution in [-0.4, -0.2) is 208 Å². The summed E-state index contributed by atoms with van der Waals surface area (Å²) in [7, 11) is -0.488. The van der Waals surface area contributed by atoms with Gasteiger partial charge in [-0.15, -0.1) is 0 Å². The molecule has 48 heteroatoms. The third kappa shape index (κ3) is 31.0. The van der Waals surface area contributed by atoms with Gasteiger partial charge in [0.15, 0.2) is 24.8 Å². The van der Waals surface area contributed by atoms with E-state index in [2.05, 4.69) is 166 Å². The Kier molecular flexibility index (Phi) is 38.9. The fourth-order valence-electron chi connectivity index (χ4n) is 9.97. The number of hydrogen-bond donors (Lipinski definition) is 7. The van der Waals surface area contributed by atoms with Crippen molar-refractivity contribution in [3.8, 4) is 0 Å².